The summed E-state index contributed by atoms with van der Waals surface area (Å²) in [5, 5.41) is 3.63. The number of nitrogens with zero attached hydrogens (tertiary/aromatic N) is 1. The van der Waals surface area contributed by atoms with Gasteiger partial charge in [0.2, 0.25) is 0 Å². The zero-order chi connectivity index (χ0) is 10.4. The molecule has 1 heterocycles. The molecule has 1 unspecified atom stereocenters. The molecule has 1 aliphatic rings. The van der Waals surface area contributed by atoms with Crippen molar-refractivity contribution >= 4 is 11.8 Å². The lowest BCUT2D eigenvalue weighted by Gasteiger charge is -2.21. The van der Waals surface area contributed by atoms with Crippen molar-refractivity contribution in [2.24, 2.45) is 0 Å². The molecule has 0 aromatic rings. The molecule has 0 saturated carbocycles. The number of hydrogen-bond acceptors (Lipinski definition) is 3. The van der Waals surface area contributed by atoms with Crippen molar-refractivity contribution in [3.63, 3.8) is 0 Å². The summed E-state index contributed by atoms with van der Waals surface area (Å²) in [7, 11) is 2.20. The molecule has 1 atom stereocenters. The molecule has 1 N–H and O–H groups in total. The SMILES string of the molecule is CC(C)N(C)CCCNC1CCSC1. The van der Waals surface area contributed by atoms with Gasteiger partial charge in [0, 0.05) is 17.8 Å². The minimum absolute atomic E-state index is 0.678. The normalized spacial score (nSPS) is 22.5. The third-order valence-corrected chi connectivity index (χ3v) is 4.09. The summed E-state index contributed by atoms with van der Waals surface area (Å²) >= 11 is 2.08. The van der Waals surface area contributed by atoms with E-state index in [1.807, 2.05) is 0 Å². The van der Waals surface area contributed by atoms with Crippen LogP contribution in [0.5, 0.6) is 0 Å². The summed E-state index contributed by atoms with van der Waals surface area (Å²) in [6, 6.07) is 1.47. The third kappa shape index (κ3) is 4.67. The van der Waals surface area contributed by atoms with Crippen LogP contribution < -0.4 is 5.32 Å². The van der Waals surface area contributed by atoms with E-state index in [-0.39, 0.29) is 0 Å². The van der Waals surface area contributed by atoms with Gasteiger partial charge in [-0.1, -0.05) is 0 Å². The van der Waals surface area contributed by atoms with Gasteiger partial charge in [0.1, 0.15) is 0 Å². The fourth-order valence-corrected chi connectivity index (χ4v) is 2.78. The van der Waals surface area contributed by atoms with Gasteiger partial charge in [0.25, 0.3) is 0 Å². The molecule has 0 radical (unpaired) electrons. The molecule has 0 bridgehead atoms. The Kier molecular flexibility index (Phi) is 5.90. The Morgan fingerprint density at radius 2 is 2.29 bits per heavy atom. The maximum Gasteiger partial charge on any atom is 0.0166 e. The predicted octanol–water partition coefficient (Wildman–Crippen LogP) is 1.81. The molecule has 0 aliphatic carbocycles. The quantitative estimate of drug-likeness (QED) is 0.682. The summed E-state index contributed by atoms with van der Waals surface area (Å²) in [6.07, 6.45) is 2.64. The Hall–Kier alpha value is 0.270. The molecule has 0 amide bonds. The highest BCUT2D eigenvalue weighted by Gasteiger charge is 2.13. The first kappa shape index (κ1) is 12.3. The van der Waals surface area contributed by atoms with Crippen molar-refractivity contribution in [2.75, 3.05) is 31.6 Å². The Morgan fingerprint density at radius 1 is 1.50 bits per heavy atom. The molecular weight excluding hydrogens is 192 g/mol. The van der Waals surface area contributed by atoms with Gasteiger partial charge in [-0.3, -0.25) is 0 Å². The fourth-order valence-electron chi connectivity index (χ4n) is 1.59. The number of thioether (sulfide) groups is 1. The average Bonchev–Trinajstić information content (AvgIpc) is 2.64. The lowest BCUT2D eigenvalue weighted by Crippen LogP contribution is -2.33. The van der Waals surface area contributed by atoms with Crippen LogP contribution in [0.15, 0.2) is 0 Å². The largest absolute Gasteiger partial charge is 0.313 e. The van der Waals surface area contributed by atoms with Gasteiger partial charge >= 0.3 is 0 Å². The minimum atomic E-state index is 0.678. The van der Waals surface area contributed by atoms with Crippen molar-refractivity contribution in [1.29, 1.82) is 0 Å². The zero-order valence-electron chi connectivity index (χ0n) is 9.75. The van der Waals surface area contributed by atoms with Crippen LogP contribution in [0.25, 0.3) is 0 Å². The molecule has 0 aromatic heterocycles. The molecule has 2 nitrogen and oxygen atoms in total. The van der Waals surface area contributed by atoms with E-state index < -0.39 is 0 Å². The zero-order valence-corrected chi connectivity index (χ0v) is 10.6. The maximum absolute atomic E-state index is 3.63. The van der Waals surface area contributed by atoms with Crippen molar-refractivity contribution in [3.05, 3.63) is 0 Å². The Morgan fingerprint density at radius 3 is 2.86 bits per heavy atom. The number of rotatable bonds is 6. The van der Waals surface area contributed by atoms with Crippen molar-refractivity contribution in [2.45, 2.75) is 38.8 Å². The molecule has 84 valence electrons. The molecule has 0 aromatic carbocycles. The minimum Gasteiger partial charge on any atom is -0.313 e. The van der Waals surface area contributed by atoms with E-state index in [1.54, 1.807) is 0 Å². The molecular formula is C11H24N2S. The predicted molar refractivity (Wildman–Crippen MR) is 66.1 cm³/mol. The van der Waals surface area contributed by atoms with Crippen molar-refractivity contribution in [1.82, 2.24) is 10.2 Å². The standard InChI is InChI=1S/C11H24N2S/c1-10(2)13(3)7-4-6-12-11-5-8-14-9-11/h10-12H,4-9H2,1-3H3. The second-order valence-corrected chi connectivity index (χ2v) is 5.59. The first-order chi connectivity index (χ1) is 6.70. The van der Waals surface area contributed by atoms with E-state index in [0.717, 1.165) is 6.04 Å². The molecule has 0 spiro atoms. The van der Waals surface area contributed by atoms with Gasteiger partial charge in [-0.05, 0) is 52.6 Å². The summed E-state index contributed by atoms with van der Waals surface area (Å²) in [5.74, 6) is 2.67. The molecule has 3 heteroatoms. The first-order valence-corrected chi connectivity index (χ1v) is 6.87. The lowest BCUT2D eigenvalue weighted by molar-refractivity contribution is 0.268. The molecule has 1 fully saturated rings. The van der Waals surface area contributed by atoms with Crippen LogP contribution in [0.1, 0.15) is 26.7 Å². The highest BCUT2D eigenvalue weighted by atomic mass is 32.2. The average molecular weight is 216 g/mol. The third-order valence-electron chi connectivity index (χ3n) is 2.93. The second kappa shape index (κ2) is 6.70. The monoisotopic (exact) mass is 216 g/mol. The van der Waals surface area contributed by atoms with Crippen molar-refractivity contribution in [3.8, 4) is 0 Å². The molecule has 1 rings (SSSR count). The molecule has 1 saturated heterocycles. The van der Waals surface area contributed by atoms with Crippen LogP contribution in [0.4, 0.5) is 0 Å². The van der Waals surface area contributed by atoms with Crippen LogP contribution in [0, 0.1) is 0 Å². The van der Waals surface area contributed by atoms with E-state index in [9.17, 15) is 0 Å². The van der Waals surface area contributed by atoms with Crippen LogP contribution in [-0.4, -0.2) is 48.6 Å². The summed E-state index contributed by atoms with van der Waals surface area (Å²) in [6.45, 7) is 6.90. The van der Waals surface area contributed by atoms with Crippen LogP contribution in [-0.2, 0) is 0 Å². The van der Waals surface area contributed by atoms with Crippen LogP contribution in [0.3, 0.4) is 0 Å². The van der Waals surface area contributed by atoms with Gasteiger partial charge < -0.3 is 10.2 Å². The Labute approximate surface area is 92.8 Å². The van der Waals surface area contributed by atoms with Crippen molar-refractivity contribution < 1.29 is 0 Å². The van der Waals surface area contributed by atoms with E-state index in [1.165, 1.54) is 37.4 Å². The molecule has 14 heavy (non-hydrogen) atoms. The second-order valence-electron chi connectivity index (χ2n) is 4.44. The summed E-state index contributed by atoms with van der Waals surface area (Å²) in [4.78, 5) is 2.41. The van der Waals surface area contributed by atoms with Gasteiger partial charge in [-0.2, -0.15) is 11.8 Å². The lowest BCUT2D eigenvalue weighted by atomic mass is 10.2. The van der Waals surface area contributed by atoms with Crippen LogP contribution in [0.2, 0.25) is 0 Å². The van der Waals surface area contributed by atoms with Gasteiger partial charge in [-0.15, -0.1) is 0 Å². The van der Waals surface area contributed by atoms with Crippen LogP contribution >= 0.6 is 11.8 Å². The van der Waals surface area contributed by atoms with E-state index in [2.05, 4.69) is 42.9 Å². The Bertz CT molecular complexity index is 140. The van der Waals surface area contributed by atoms with Gasteiger partial charge in [-0.25, -0.2) is 0 Å². The summed E-state index contributed by atoms with van der Waals surface area (Å²) < 4.78 is 0. The smallest absolute Gasteiger partial charge is 0.0166 e. The highest BCUT2D eigenvalue weighted by Crippen LogP contribution is 2.16. The van der Waals surface area contributed by atoms with Gasteiger partial charge in [0.05, 0.1) is 0 Å². The maximum atomic E-state index is 3.63. The fraction of sp³-hybridized carbons (Fsp3) is 1.00. The van der Waals surface area contributed by atoms with E-state index in [4.69, 9.17) is 0 Å². The summed E-state index contributed by atoms with van der Waals surface area (Å²) in [5.41, 5.74) is 0. The Balaban J connectivity index is 1.93. The first-order valence-electron chi connectivity index (χ1n) is 5.71. The highest BCUT2D eigenvalue weighted by molar-refractivity contribution is 7.99. The molecule has 1 aliphatic heterocycles. The van der Waals surface area contributed by atoms with E-state index >= 15 is 0 Å². The topological polar surface area (TPSA) is 15.3 Å². The van der Waals surface area contributed by atoms with E-state index in [0.29, 0.717) is 6.04 Å². The number of hydrogen-bond donors (Lipinski definition) is 1. The van der Waals surface area contributed by atoms with Gasteiger partial charge in [0.15, 0.2) is 0 Å². The number of nitrogens with one attached hydrogen (secondary N) is 1.